The highest BCUT2D eigenvalue weighted by atomic mass is 16.6. The number of carboxylic acid groups (broad SMARTS) is 1. The standard InChI is InChI=1S/C13H13NO4/c1-9-7-11(18-12(9)15)14(13(16)17)8-10-5-3-2-4-6-10/h2-7,11H,8H2,1H3,(H,16,17). The molecule has 1 aliphatic rings. The number of carbonyl (C=O) groups is 2. The largest absolute Gasteiger partial charge is 0.465 e. The van der Waals surface area contributed by atoms with Crippen LogP contribution in [0.2, 0.25) is 0 Å². The quantitative estimate of drug-likeness (QED) is 0.829. The number of hydrogen-bond donors (Lipinski definition) is 1. The van der Waals surface area contributed by atoms with Gasteiger partial charge in [-0.15, -0.1) is 0 Å². The van der Waals surface area contributed by atoms with E-state index in [0.717, 1.165) is 10.5 Å². The van der Waals surface area contributed by atoms with Gasteiger partial charge in [-0.05, 0) is 18.6 Å². The lowest BCUT2D eigenvalue weighted by molar-refractivity contribution is -0.145. The van der Waals surface area contributed by atoms with E-state index in [0.29, 0.717) is 5.57 Å². The molecule has 0 fully saturated rings. The van der Waals surface area contributed by atoms with Gasteiger partial charge in [-0.3, -0.25) is 4.90 Å². The average Bonchev–Trinajstić information content (AvgIpc) is 2.67. The Labute approximate surface area is 104 Å². The van der Waals surface area contributed by atoms with Crippen LogP contribution in [-0.2, 0) is 16.1 Å². The Kier molecular flexibility index (Phi) is 3.32. The summed E-state index contributed by atoms with van der Waals surface area (Å²) < 4.78 is 4.98. The molecule has 0 aromatic heterocycles. The van der Waals surface area contributed by atoms with Crippen LogP contribution in [-0.4, -0.2) is 28.3 Å². The van der Waals surface area contributed by atoms with E-state index in [-0.39, 0.29) is 6.54 Å². The Morgan fingerprint density at radius 3 is 2.56 bits per heavy atom. The van der Waals surface area contributed by atoms with Crippen molar-refractivity contribution in [2.45, 2.75) is 19.7 Å². The maximum Gasteiger partial charge on any atom is 0.410 e. The first kappa shape index (κ1) is 12.2. The van der Waals surface area contributed by atoms with Crippen LogP contribution in [0.4, 0.5) is 4.79 Å². The highest BCUT2D eigenvalue weighted by Crippen LogP contribution is 2.19. The van der Waals surface area contributed by atoms with Crippen LogP contribution < -0.4 is 0 Å². The van der Waals surface area contributed by atoms with Crippen molar-refractivity contribution < 1.29 is 19.4 Å². The highest BCUT2D eigenvalue weighted by molar-refractivity contribution is 5.90. The number of nitrogens with zero attached hydrogens (tertiary/aromatic N) is 1. The van der Waals surface area contributed by atoms with Gasteiger partial charge in [-0.25, -0.2) is 9.59 Å². The lowest BCUT2D eigenvalue weighted by Gasteiger charge is -2.23. The molecule has 1 aromatic rings. The maximum absolute atomic E-state index is 11.3. The Bertz CT molecular complexity index is 495. The molecule has 1 amide bonds. The molecule has 1 aliphatic heterocycles. The van der Waals surface area contributed by atoms with Crippen molar-refractivity contribution in [2.75, 3.05) is 0 Å². The first-order valence-corrected chi connectivity index (χ1v) is 5.51. The maximum atomic E-state index is 11.3. The summed E-state index contributed by atoms with van der Waals surface area (Å²) in [5.74, 6) is -0.473. The lowest BCUT2D eigenvalue weighted by atomic mass is 10.2. The molecule has 1 atom stereocenters. The van der Waals surface area contributed by atoms with Crippen LogP contribution in [0.1, 0.15) is 12.5 Å². The van der Waals surface area contributed by atoms with Gasteiger partial charge in [0.25, 0.3) is 0 Å². The number of amides is 1. The van der Waals surface area contributed by atoms with E-state index < -0.39 is 18.3 Å². The van der Waals surface area contributed by atoms with Gasteiger partial charge in [-0.2, -0.15) is 0 Å². The first-order valence-electron chi connectivity index (χ1n) is 5.51. The molecule has 1 aromatic carbocycles. The third-order valence-corrected chi connectivity index (χ3v) is 2.69. The molecular weight excluding hydrogens is 234 g/mol. The molecule has 5 heteroatoms. The van der Waals surface area contributed by atoms with Crippen LogP contribution in [0.5, 0.6) is 0 Å². The fourth-order valence-electron chi connectivity index (χ4n) is 1.72. The molecule has 1 heterocycles. The second kappa shape index (κ2) is 4.91. The third kappa shape index (κ3) is 2.51. The summed E-state index contributed by atoms with van der Waals surface area (Å²) in [4.78, 5) is 23.6. The van der Waals surface area contributed by atoms with Gasteiger partial charge >= 0.3 is 12.1 Å². The smallest absolute Gasteiger partial charge is 0.410 e. The second-order valence-electron chi connectivity index (χ2n) is 4.04. The predicted molar refractivity (Wildman–Crippen MR) is 63.6 cm³/mol. The van der Waals surface area contributed by atoms with E-state index in [2.05, 4.69) is 0 Å². The number of benzene rings is 1. The second-order valence-corrected chi connectivity index (χ2v) is 4.04. The van der Waals surface area contributed by atoms with Crippen LogP contribution in [0.3, 0.4) is 0 Å². The van der Waals surface area contributed by atoms with E-state index in [1.807, 2.05) is 30.3 Å². The van der Waals surface area contributed by atoms with Crippen molar-refractivity contribution in [2.24, 2.45) is 0 Å². The van der Waals surface area contributed by atoms with Crippen molar-refractivity contribution in [3.8, 4) is 0 Å². The minimum Gasteiger partial charge on any atom is -0.465 e. The Balaban J connectivity index is 2.15. The van der Waals surface area contributed by atoms with Crippen LogP contribution >= 0.6 is 0 Å². The fraction of sp³-hybridized carbons (Fsp3) is 0.231. The molecule has 0 bridgehead atoms. The predicted octanol–water partition coefficient (Wildman–Crippen LogP) is 2.00. The van der Waals surface area contributed by atoms with E-state index >= 15 is 0 Å². The van der Waals surface area contributed by atoms with Crippen molar-refractivity contribution in [1.82, 2.24) is 4.90 Å². The topological polar surface area (TPSA) is 66.8 Å². The van der Waals surface area contributed by atoms with Crippen LogP contribution in [0, 0.1) is 0 Å². The number of rotatable bonds is 3. The SMILES string of the molecule is CC1=CC(N(Cc2ccccc2)C(=O)O)OC1=O. The zero-order valence-corrected chi connectivity index (χ0v) is 9.87. The van der Waals surface area contributed by atoms with Gasteiger partial charge in [0, 0.05) is 5.57 Å². The van der Waals surface area contributed by atoms with Gasteiger partial charge in [0.2, 0.25) is 6.23 Å². The number of esters is 1. The zero-order chi connectivity index (χ0) is 13.1. The highest BCUT2D eigenvalue weighted by Gasteiger charge is 2.30. The molecular formula is C13H13NO4. The average molecular weight is 247 g/mol. The van der Waals surface area contributed by atoms with Gasteiger partial charge in [0.1, 0.15) is 0 Å². The normalized spacial score (nSPS) is 18.2. The number of ether oxygens (including phenoxy) is 1. The molecule has 5 nitrogen and oxygen atoms in total. The summed E-state index contributed by atoms with van der Waals surface area (Å²) in [7, 11) is 0. The summed E-state index contributed by atoms with van der Waals surface area (Å²) in [5.41, 5.74) is 1.27. The van der Waals surface area contributed by atoms with Crippen molar-refractivity contribution >= 4 is 12.1 Å². The van der Waals surface area contributed by atoms with Gasteiger partial charge < -0.3 is 9.84 Å². The summed E-state index contributed by atoms with van der Waals surface area (Å²) >= 11 is 0. The van der Waals surface area contributed by atoms with E-state index in [9.17, 15) is 14.7 Å². The van der Waals surface area contributed by atoms with E-state index in [4.69, 9.17) is 4.74 Å². The molecule has 1 unspecified atom stereocenters. The summed E-state index contributed by atoms with van der Waals surface area (Å²) in [6.07, 6.45) is -0.447. The molecule has 0 saturated heterocycles. The van der Waals surface area contributed by atoms with Crippen LogP contribution in [0.15, 0.2) is 42.0 Å². The third-order valence-electron chi connectivity index (χ3n) is 2.69. The van der Waals surface area contributed by atoms with Crippen LogP contribution in [0.25, 0.3) is 0 Å². The van der Waals surface area contributed by atoms with Gasteiger partial charge in [0.05, 0.1) is 6.54 Å². The van der Waals surface area contributed by atoms with Gasteiger partial charge in [-0.1, -0.05) is 30.3 Å². The number of hydrogen-bond acceptors (Lipinski definition) is 3. The van der Waals surface area contributed by atoms with Crippen molar-refractivity contribution in [3.63, 3.8) is 0 Å². The minimum atomic E-state index is -1.12. The van der Waals surface area contributed by atoms with Crippen molar-refractivity contribution in [1.29, 1.82) is 0 Å². The molecule has 94 valence electrons. The molecule has 18 heavy (non-hydrogen) atoms. The van der Waals surface area contributed by atoms with Crippen molar-refractivity contribution in [3.05, 3.63) is 47.5 Å². The molecule has 0 saturated carbocycles. The van der Waals surface area contributed by atoms with Gasteiger partial charge in [0.15, 0.2) is 0 Å². The van der Waals surface area contributed by atoms with E-state index in [1.165, 1.54) is 6.08 Å². The zero-order valence-electron chi connectivity index (χ0n) is 9.87. The summed E-state index contributed by atoms with van der Waals surface area (Å²) in [6.45, 7) is 1.78. The van der Waals surface area contributed by atoms with E-state index in [1.54, 1.807) is 6.92 Å². The number of cyclic esters (lactones) is 1. The molecule has 0 aliphatic carbocycles. The first-order chi connectivity index (χ1) is 8.58. The summed E-state index contributed by atoms with van der Waals surface area (Å²) in [5, 5.41) is 9.17. The molecule has 0 spiro atoms. The monoisotopic (exact) mass is 247 g/mol. The Hall–Kier alpha value is -2.30. The fourth-order valence-corrected chi connectivity index (χ4v) is 1.72. The number of carbonyl (C=O) groups excluding carboxylic acids is 1. The molecule has 0 radical (unpaired) electrons. The Morgan fingerprint density at radius 1 is 1.39 bits per heavy atom. The summed E-state index contributed by atoms with van der Waals surface area (Å²) in [6, 6.07) is 9.16. The minimum absolute atomic E-state index is 0.178. The Morgan fingerprint density at radius 2 is 2.06 bits per heavy atom. The molecule has 1 N–H and O–H groups in total. The lowest BCUT2D eigenvalue weighted by Crippen LogP contribution is -2.38. The molecule has 2 rings (SSSR count).